The molecule has 6 heteroatoms. The zero-order valence-corrected chi connectivity index (χ0v) is 41.9. The molecule has 0 saturated carbocycles. The molecule has 0 aromatic heterocycles. The minimum Gasteiger partial charge on any atom is -0.462 e. The third-order valence-electron chi connectivity index (χ3n) is 10.3. The number of carbonyl (C=O) groups excluding carboxylic acids is 3. The maximum absolute atomic E-state index is 12.8. The first-order valence-corrected chi connectivity index (χ1v) is 26.0. The van der Waals surface area contributed by atoms with Crippen LogP contribution >= 0.6 is 0 Å². The van der Waals surface area contributed by atoms with Crippen LogP contribution in [0.15, 0.2) is 146 Å². The molecule has 0 radical (unpaired) electrons. The van der Waals surface area contributed by atoms with Crippen molar-refractivity contribution in [3.63, 3.8) is 0 Å². The van der Waals surface area contributed by atoms with E-state index < -0.39 is 6.10 Å². The van der Waals surface area contributed by atoms with E-state index >= 15 is 0 Å². The van der Waals surface area contributed by atoms with Crippen molar-refractivity contribution in [3.05, 3.63) is 146 Å². The lowest BCUT2D eigenvalue weighted by molar-refractivity contribution is -0.166. The fourth-order valence-corrected chi connectivity index (χ4v) is 6.42. The van der Waals surface area contributed by atoms with Crippen LogP contribution in [0.3, 0.4) is 0 Å². The van der Waals surface area contributed by atoms with Crippen LogP contribution in [-0.4, -0.2) is 37.2 Å². The van der Waals surface area contributed by atoms with Crippen LogP contribution in [0.2, 0.25) is 0 Å². The van der Waals surface area contributed by atoms with E-state index in [0.717, 1.165) is 83.5 Å². The second kappa shape index (κ2) is 52.9. The first-order chi connectivity index (χ1) is 32.5. The van der Waals surface area contributed by atoms with E-state index in [0.29, 0.717) is 19.3 Å². The summed E-state index contributed by atoms with van der Waals surface area (Å²) in [5.41, 5.74) is 0. The van der Waals surface area contributed by atoms with Crippen molar-refractivity contribution in [1.82, 2.24) is 0 Å². The predicted octanol–water partition coefficient (Wildman–Crippen LogP) is 17.3. The van der Waals surface area contributed by atoms with E-state index in [4.69, 9.17) is 14.2 Å². The summed E-state index contributed by atoms with van der Waals surface area (Å²) in [5, 5.41) is 0. The largest absolute Gasteiger partial charge is 0.462 e. The number of unbranched alkanes of at least 4 members (excludes halogenated alkanes) is 17. The van der Waals surface area contributed by atoms with Crippen LogP contribution in [-0.2, 0) is 28.6 Å². The van der Waals surface area contributed by atoms with Gasteiger partial charge >= 0.3 is 17.9 Å². The Kier molecular flexibility index (Phi) is 49.1. The molecular weight excluding hydrogens is 817 g/mol. The van der Waals surface area contributed by atoms with Crippen LogP contribution in [0.1, 0.15) is 194 Å². The fourth-order valence-electron chi connectivity index (χ4n) is 6.42. The number of ether oxygens (including phenoxy) is 3. The first kappa shape index (κ1) is 61.3. The molecule has 0 fully saturated rings. The molecule has 0 aromatic carbocycles. The number of hydrogen-bond acceptors (Lipinski definition) is 6. The van der Waals surface area contributed by atoms with Gasteiger partial charge in [0.05, 0.1) is 0 Å². The summed E-state index contributed by atoms with van der Waals surface area (Å²) in [4.78, 5) is 38.0. The van der Waals surface area contributed by atoms with Crippen molar-refractivity contribution in [2.45, 2.75) is 200 Å². The van der Waals surface area contributed by atoms with Gasteiger partial charge in [-0.1, -0.05) is 237 Å². The van der Waals surface area contributed by atoms with Crippen LogP contribution in [0.25, 0.3) is 0 Å². The molecule has 0 aliphatic carbocycles. The molecule has 0 rings (SSSR count). The van der Waals surface area contributed by atoms with Crippen LogP contribution in [0, 0.1) is 0 Å². The van der Waals surface area contributed by atoms with Crippen molar-refractivity contribution < 1.29 is 28.6 Å². The monoisotopic (exact) mass is 909 g/mol. The van der Waals surface area contributed by atoms with Crippen LogP contribution in [0.4, 0.5) is 0 Å². The molecule has 0 amide bonds. The number of hydrogen-bond donors (Lipinski definition) is 0. The Bertz CT molecular complexity index is 1510. The smallest absolute Gasteiger partial charge is 0.306 e. The molecule has 0 spiro atoms. The van der Waals surface area contributed by atoms with Gasteiger partial charge in [0, 0.05) is 19.3 Å². The zero-order valence-electron chi connectivity index (χ0n) is 41.9. The normalized spacial score (nSPS) is 13.3. The lowest BCUT2D eigenvalue weighted by Crippen LogP contribution is -2.30. The molecule has 0 aliphatic heterocycles. The van der Waals surface area contributed by atoms with E-state index in [1.54, 1.807) is 0 Å². The summed E-state index contributed by atoms with van der Waals surface area (Å²) in [6.45, 7) is 6.31. The molecule has 1 unspecified atom stereocenters. The summed E-state index contributed by atoms with van der Waals surface area (Å²) < 4.78 is 16.7. The maximum atomic E-state index is 12.8. The third kappa shape index (κ3) is 50.3. The van der Waals surface area contributed by atoms with E-state index in [1.807, 2.05) is 66.8 Å². The molecular formula is C60H92O6. The van der Waals surface area contributed by atoms with Gasteiger partial charge in [0.15, 0.2) is 6.10 Å². The van der Waals surface area contributed by atoms with Gasteiger partial charge in [-0.25, -0.2) is 0 Å². The highest BCUT2D eigenvalue weighted by molar-refractivity contribution is 5.71. The van der Waals surface area contributed by atoms with Gasteiger partial charge in [-0.15, -0.1) is 0 Å². The highest BCUT2D eigenvalue weighted by Gasteiger charge is 2.19. The molecule has 0 bridgehead atoms. The minimum absolute atomic E-state index is 0.132. The van der Waals surface area contributed by atoms with Crippen molar-refractivity contribution in [3.8, 4) is 0 Å². The standard InChI is InChI=1S/C60H92O6/c1-4-7-10-13-16-19-22-25-27-29-31-32-35-38-41-44-47-50-53-59(62)65-56-57(55-64-58(61)52-49-46-43-40-37-34-24-21-18-15-12-9-6-3)66-60(63)54-51-48-45-42-39-36-33-30-28-26-23-20-17-14-11-8-5-2/h8,11,14,16-17,19-20,22-23,25-34,36-37,39,43,46,57H,4-7,9-10,12-13,15,18,21,24,35,38,40-42,44-45,47-56H2,1-3H3/b11-8+,17-14+,19-16+,23-20+,25-22+,28-26+,29-27+,32-31+,33-30+,37-34+,39-36+,46-43+. The van der Waals surface area contributed by atoms with E-state index in [2.05, 4.69) is 99.8 Å². The average molecular weight is 909 g/mol. The summed E-state index contributed by atoms with van der Waals surface area (Å²) in [7, 11) is 0. The Labute approximate surface area is 404 Å². The molecule has 6 nitrogen and oxygen atoms in total. The van der Waals surface area contributed by atoms with Gasteiger partial charge < -0.3 is 14.2 Å². The topological polar surface area (TPSA) is 78.9 Å². The minimum atomic E-state index is -0.840. The van der Waals surface area contributed by atoms with Crippen LogP contribution in [0.5, 0.6) is 0 Å². The Morgan fingerprint density at radius 3 is 1.18 bits per heavy atom. The molecule has 0 aromatic rings. The van der Waals surface area contributed by atoms with Gasteiger partial charge in [-0.05, 0) is 83.5 Å². The molecule has 1 atom stereocenters. The summed E-state index contributed by atoms with van der Waals surface area (Å²) >= 11 is 0. The summed E-state index contributed by atoms with van der Waals surface area (Å²) in [6, 6.07) is 0. The van der Waals surface area contributed by atoms with Gasteiger partial charge in [0.25, 0.3) is 0 Å². The molecule has 0 saturated heterocycles. The molecule has 66 heavy (non-hydrogen) atoms. The quantitative estimate of drug-likeness (QED) is 0.0199. The molecule has 0 aliphatic rings. The third-order valence-corrected chi connectivity index (χ3v) is 10.3. The van der Waals surface area contributed by atoms with Crippen molar-refractivity contribution in [2.75, 3.05) is 13.2 Å². The summed E-state index contributed by atoms with van der Waals surface area (Å²) in [5.74, 6) is -1.08. The van der Waals surface area contributed by atoms with E-state index in [9.17, 15) is 14.4 Å². The Balaban J connectivity index is 4.63. The average Bonchev–Trinajstić information content (AvgIpc) is 3.31. The Morgan fingerprint density at radius 2 is 0.682 bits per heavy atom. The number of rotatable bonds is 44. The lowest BCUT2D eigenvalue weighted by Gasteiger charge is -2.18. The van der Waals surface area contributed by atoms with E-state index in [1.165, 1.54) is 57.8 Å². The number of carbonyl (C=O) groups is 3. The van der Waals surface area contributed by atoms with Gasteiger partial charge in [0.2, 0.25) is 0 Å². The Morgan fingerprint density at radius 1 is 0.333 bits per heavy atom. The van der Waals surface area contributed by atoms with Crippen LogP contribution < -0.4 is 0 Å². The Hall–Kier alpha value is -4.71. The predicted molar refractivity (Wildman–Crippen MR) is 283 cm³/mol. The molecule has 368 valence electrons. The first-order valence-electron chi connectivity index (χ1n) is 26.0. The zero-order chi connectivity index (χ0) is 47.9. The van der Waals surface area contributed by atoms with E-state index in [-0.39, 0.29) is 44.0 Å². The molecule has 0 N–H and O–H groups in total. The number of esters is 3. The lowest BCUT2D eigenvalue weighted by atomic mass is 10.1. The van der Waals surface area contributed by atoms with Gasteiger partial charge in [-0.2, -0.15) is 0 Å². The van der Waals surface area contributed by atoms with Crippen molar-refractivity contribution in [1.29, 1.82) is 0 Å². The number of allylic oxidation sites excluding steroid dienone is 24. The maximum Gasteiger partial charge on any atom is 0.306 e. The summed E-state index contributed by atoms with van der Waals surface area (Å²) in [6.07, 6.45) is 75.5. The van der Waals surface area contributed by atoms with Gasteiger partial charge in [0.1, 0.15) is 13.2 Å². The highest BCUT2D eigenvalue weighted by atomic mass is 16.6. The van der Waals surface area contributed by atoms with Gasteiger partial charge in [-0.3, -0.25) is 14.4 Å². The second-order valence-corrected chi connectivity index (χ2v) is 16.6. The second-order valence-electron chi connectivity index (χ2n) is 16.6. The van der Waals surface area contributed by atoms with Crippen molar-refractivity contribution in [2.24, 2.45) is 0 Å². The molecule has 0 heterocycles. The SMILES string of the molecule is CC/C=C/C=C/C=C/C=C/C=C/C=C/CCCCCC(=O)OC(COC(=O)CC/C=C/C/C=C/CCCCCCCC)COC(=O)CCCCCCC/C=C/C=C/C=C/C=C/CCCCC. The van der Waals surface area contributed by atoms with Crippen molar-refractivity contribution >= 4 is 17.9 Å². The highest BCUT2D eigenvalue weighted by Crippen LogP contribution is 2.12. The fraction of sp³-hybridized carbons (Fsp3) is 0.550.